The number of benzene rings is 3. The first-order valence-corrected chi connectivity index (χ1v) is 14.3. The Labute approximate surface area is 242 Å². The third kappa shape index (κ3) is 5.80. The number of Topliss-reactive ketones (excluding diaryl/α,β-unsaturated/α-hetero) is 1. The van der Waals surface area contributed by atoms with Gasteiger partial charge in [0.2, 0.25) is 5.91 Å². The molecule has 3 aromatic rings. The lowest BCUT2D eigenvalue weighted by molar-refractivity contribution is -0.120. The van der Waals surface area contributed by atoms with E-state index in [4.69, 9.17) is 11.6 Å². The largest absolute Gasteiger partial charge is 0.357 e. The van der Waals surface area contributed by atoms with Gasteiger partial charge >= 0.3 is 0 Å². The van der Waals surface area contributed by atoms with Crippen LogP contribution in [0.4, 0.5) is 11.4 Å². The summed E-state index contributed by atoms with van der Waals surface area (Å²) in [6, 6.07) is 23.6. The van der Waals surface area contributed by atoms with Crippen LogP contribution in [-0.2, 0) is 21.5 Å². The Kier molecular flexibility index (Phi) is 7.54. The van der Waals surface area contributed by atoms with Crippen molar-refractivity contribution in [3.8, 4) is 0 Å². The molecule has 0 saturated heterocycles. The van der Waals surface area contributed by atoms with Gasteiger partial charge in [-0.3, -0.25) is 9.59 Å². The number of nitrogens with zero attached hydrogens (tertiary/aromatic N) is 1. The summed E-state index contributed by atoms with van der Waals surface area (Å²) in [5, 5.41) is 7.29. The SMILES string of the molecule is CC1(C)CC(=O)C2=C(C1)Nc1ccccc1N(CC(=O)NCc1ccccc1Cl)C2c1ccc(C(C)(C)C)cc1. The number of halogens is 1. The van der Waals surface area contributed by atoms with Crippen LogP contribution in [0.1, 0.15) is 70.2 Å². The lowest BCUT2D eigenvalue weighted by atomic mass is 9.73. The average molecular weight is 556 g/mol. The molecule has 1 amide bonds. The highest BCUT2D eigenvalue weighted by Crippen LogP contribution is 2.48. The second-order valence-corrected chi connectivity index (χ2v) is 13.2. The summed E-state index contributed by atoms with van der Waals surface area (Å²) in [6.07, 6.45) is 1.22. The molecule has 208 valence electrons. The summed E-state index contributed by atoms with van der Waals surface area (Å²) in [4.78, 5) is 29.5. The summed E-state index contributed by atoms with van der Waals surface area (Å²) in [7, 11) is 0. The molecule has 0 aromatic heterocycles. The van der Waals surface area contributed by atoms with Crippen LogP contribution in [0.25, 0.3) is 0 Å². The van der Waals surface area contributed by atoms with Crippen molar-refractivity contribution in [2.45, 2.75) is 65.5 Å². The van der Waals surface area contributed by atoms with Gasteiger partial charge in [0, 0.05) is 29.3 Å². The molecule has 1 atom stereocenters. The number of carbonyl (C=O) groups excluding carboxylic acids is 2. The van der Waals surface area contributed by atoms with Crippen molar-refractivity contribution in [1.29, 1.82) is 0 Å². The zero-order chi connectivity index (χ0) is 28.7. The fourth-order valence-corrected chi connectivity index (χ4v) is 5.99. The van der Waals surface area contributed by atoms with E-state index in [-0.39, 0.29) is 29.1 Å². The Morgan fingerprint density at radius 3 is 2.38 bits per heavy atom. The molecule has 0 bridgehead atoms. The molecule has 0 spiro atoms. The van der Waals surface area contributed by atoms with E-state index in [9.17, 15) is 9.59 Å². The van der Waals surface area contributed by atoms with Crippen molar-refractivity contribution in [1.82, 2.24) is 5.32 Å². The Bertz CT molecular complexity index is 1470. The van der Waals surface area contributed by atoms with Crippen molar-refractivity contribution in [2.75, 3.05) is 16.8 Å². The average Bonchev–Trinajstić information content (AvgIpc) is 3.01. The van der Waals surface area contributed by atoms with Gasteiger partial charge in [-0.25, -0.2) is 0 Å². The van der Waals surface area contributed by atoms with Gasteiger partial charge in [0.05, 0.1) is 24.0 Å². The Hall–Kier alpha value is -3.57. The zero-order valence-corrected chi connectivity index (χ0v) is 24.7. The lowest BCUT2D eigenvalue weighted by Crippen LogP contribution is -2.42. The summed E-state index contributed by atoms with van der Waals surface area (Å²) in [5.74, 6) is -0.0170. The molecule has 40 heavy (non-hydrogen) atoms. The normalized spacial score (nSPS) is 18.4. The van der Waals surface area contributed by atoms with E-state index < -0.39 is 6.04 Å². The van der Waals surface area contributed by atoms with E-state index in [0.29, 0.717) is 18.0 Å². The van der Waals surface area contributed by atoms with Crippen LogP contribution in [0.3, 0.4) is 0 Å². The number of hydrogen-bond donors (Lipinski definition) is 2. The Balaban J connectivity index is 1.59. The summed E-state index contributed by atoms with van der Waals surface area (Å²) >= 11 is 6.34. The first kappa shape index (κ1) is 28.0. The molecular formula is C34H38ClN3O2. The van der Waals surface area contributed by atoms with Crippen LogP contribution in [0.15, 0.2) is 84.1 Å². The number of nitrogens with one attached hydrogen (secondary N) is 2. The highest BCUT2D eigenvalue weighted by atomic mass is 35.5. The number of para-hydroxylation sites is 2. The molecule has 1 aliphatic carbocycles. The van der Waals surface area contributed by atoms with Crippen molar-refractivity contribution >= 4 is 34.7 Å². The molecule has 0 radical (unpaired) electrons. The van der Waals surface area contributed by atoms with Crippen LogP contribution < -0.4 is 15.5 Å². The number of anilines is 2. The van der Waals surface area contributed by atoms with Crippen LogP contribution in [0.5, 0.6) is 0 Å². The molecule has 1 heterocycles. The van der Waals surface area contributed by atoms with Crippen LogP contribution in [-0.4, -0.2) is 18.2 Å². The topological polar surface area (TPSA) is 61.4 Å². The molecule has 1 aliphatic heterocycles. The molecule has 0 fully saturated rings. The molecular weight excluding hydrogens is 518 g/mol. The summed E-state index contributed by atoms with van der Waals surface area (Å²) in [5.41, 5.74) is 6.40. The predicted molar refractivity (Wildman–Crippen MR) is 164 cm³/mol. The van der Waals surface area contributed by atoms with Crippen molar-refractivity contribution in [3.63, 3.8) is 0 Å². The number of hydrogen-bond acceptors (Lipinski definition) is 4. The maximum absolute atomic E-state index is 13.9. The predicted octanol–water partition coefficient (Wildman–Crippen LogP) is 7.57. The number of ketones is 1. The first-order valence-electron chi connectivity index (χ1n) is 13.9. The van der Waals surface area contributed by atoms with Gasteiger partial charge in [-0.05, 0) is 52.1 Å². The molecule has 2 N–H and O–H groups in total. The summed E-state index contributed by atoms with van der Waals surface area (Å²) in [6.45, 7) is 11.3. The van der Waals surface area contributed by atoms with E-state index in [1.807, 2.05) is 48.5 Å². The highest BCUT2D eigenvalue weighted by Gasteiger charge is 2.42. The van der Waals surface area contributed by atoms with Crippen LogP contribution >= 0.6 is 11.6 Å². The van der Waals surface area contributed by atoms with Gasteiger partial charge in [0.25, 0.3) is 0 Å². The van der Waals surface area contributed by atoms with Gasteiger partial charge in [-0.15, -0.1) is 0 Å². The smallest absolute Gasteiger partial charge is 0.239 e. The minimum atomic E-state index is -0.408. The zero-order valence-electron chi connectivity index (χ0n) is 24.0. The third-order valence-electron chi connectivity index (χ3n) is 7.84. The van der Waals surface area contributed by atoms with Crippen LogP contribution in [0, 0.1) is 5.41 Å². The van der Waals surface area contributed by atoms with Gasteiger partial charge in [0.1, 0.15) is 0 Å². The fraction of sp³-hybridized carbons (Fsp3) is 0.353. The van der Waals surface area contributed by atoms with Crippen molar-refractivity contribution < 1.29 is 9.59 Å². The number of carbonyl (C=O) groups is 2. The van der Waals surface area contributed by atoms with E-state index in [0.717, 1.165) is 40.2 Å². The monoisotopic (exact) mass is 555 g/mol. The van der Waals surface area contributed by atoms with Gasteiger partial charge < -0.3 is 15.5 Å². The lowest BCUT2D eigenvalue weighted by Gasteiger charge is -2.38. The Morgan fingerprint density at radius 1 is 1.00 bits per heavy atom. The van der Waals surface area contributed by atoms with E-state index >= 15 is 0 Å². The van der Waals surface area contributed by atoms with Gasteiger partial charge in [0.15, 0.2) is 5.78 Å². The quantitative estimate of drug-likeness (QED) is 0.341. The second kappa shape index (κ2) is 10.8. The minimum Gasteiger partial charge on any atom is -0.357 e. The highest BCUT2D eigenvalue weighted by molar-refractivity contribution is 6.31. The number of rotatable bonds is 5. The van der Waals surface area contributed by atoms with Crippen molar-refractivity contribution in [2.24, 2.45) is 5.41 Å². The van der Waals surface area contributed by atoms with Crippen LogP contribution in [0.2, 0.25) is 5.02 Å². The molecule has 5 rings (SSSR count). The minimum absolute atomic E-state index is 0.00351. The fourth-order valence-electron chi connectivity index (χ4n) is 5.79. The van der Waals surface area contributed by atoms with Gasteiger partial charge in [-0.2, -0.15) is 0 Å². The molecule has 2 aliphatic rings. The van der Waals surface area contributed by atoms with E-state index in [1.54, 1.807) is 0 Å². The third-order valence-corrected chi connectivity index (χ3v) is 8.21. The molecule has 3 aromatic carbocycles. The number of fused-ring (bicyclic) bond motifs is 1. The first-order chi connectivity index (χ1) is 18.9. The maximum atomic E-state index is 13.9. The standard InChI is InChI=1S/C34H38ClN3O2/c1-33(2,3)24-16-14-22(15-17-24)32-31-27(18-34(4,5)19-29(31)39)37-26-12-8-9-13-28(26)38(32)21-30(40)36-20-23-10-6-7-11-25(23)35/h6-17,32,37H,18-21H2,1-5H3,(H,36,40). The van der Waals surface area contributed by atoms with Crippen molar-refractivity contribution in [3.05, 3.63) is 106 Å². The van der Waals surface area contributed by atoms with Gasteiger partial charge in [-0.1, -0.05) is 101 Å². The molecule has 1 unspecified atom stereocenters. The summed E-state index contributed by atoms with van der Waals surface area (Å²) < 4.78 is 0. The number of allylic oxidation sites excluding steroid dienone is 1. The number of amides is 1. The Morgan fingerprint density at radius 2 is 1.68 bits per heavy atom. The van der Waals surface area contributed by atoms with E-state index in [1.165, 1.54) is 5.56 Å². The molecule has 0 saturated carbocycles. The molecule has 6 heteroatoms. The second-order valence-electron chi connectivity index (χ2n) is 12.7. The maximum Gasteiger partial charge on any atom is 0.239 e. The van der Waals surface area contributed by atoms with E-state index in [2.05, 4.69) is 74.4 Å². The molecule has 5 nitrogen and oxygen atoms in total.